The van der Waals surface area contributed by atoms with Gasteiger partial charge in [-0.05, 0) is 151 Å². The Labute approximate surface area is 656 Å². The van der Waals surface area contributed by atoms with Crippen molar-refractivity contribution in [2.24, 2.45) is 0 Å². The van der Waals surface area contributed by atoms with Crippen LogP contribution in [0.4, 0.5) is 0 Å². The Hall–Kier alpha value is 0.690. The van der Waals surface area contributed by atoms with Gasteiger partial charge in [0.2, 0.25) is 0 Å². The van der Waals surface area contributed by atoms with Gasteiger partial charge in [0.15, 0.2) is 0 Å². The van der Waals surface area contributed by atoms with Crippen molar-refractivity contribution in [3.63, 3.8) is 0 Å². The molecule has 0 fully saturated rings. The topological polar surface area (TPSA) is 0 Å². The molecule has 0 atom stereocenters. The Kier molecular flexibility index (Phi) is 83.4. The van der Waals surface area contributed by atoms with E-state index in [1.165, 1.54) is 227 Å². The first kappa shape index (κ1) is 110. The monoisotopic (exact) mass is 1670 g/mol. The lowest BCUT2D eigenvalue weighted by molar-refractivity contribution is -0.00100. The first-order valence-electron chi connectivity index (χ1n) is 40.9. The van der Waals surface area contributed by atoms with Gasteiger partial charge < -0.3 is 68.1 Å². The summed E-state index contributed by atoms with van der Waals surface area (Å²) >= 11 is 0. The van der Waals surface area contributed by atoms with Gasteiger partial charge in [0.1, 0.15) is 28.5 Å². The predicted octanol–water partition coefficient (Wildman–Crippen LogP) is 14.1. The molecule has 0 spiro atoms. The summed E-state index contributed by atoms with van der Waals surface area (Å²) in [5.74, 6) is 0. The Morgan fingerprint density at radius 3 is 0.347 bits per heavy atom. The van der Waals surface area contributed by atoms with E-state index in [0.717, 1.165) is 0 Å². The van der Waals surface area contributed by atoms with Crippen LogP contribution in [0.2, 0.25) is 0 Å². The summed E-state index contributed by atoms with van der Waals surface area (Å²) in [4.78, 5) is 0. The molecule has 576 valence electrons. The van der Waals surface area contributed by atoms with Gasteiger partial charge in [0.05, 0.1) is 98.6 Å². The predicted molar refractivity (Wildman–Crippen MR) is 455 cm³/mol. The van der Waals surface area contributed by atoms with E-state index in [0.29, 0.717) is 0 Å². The van der Waals surface area contributed by atoms with Gasteiger partial charge in [-0.3, -0.25) is 0 Å². The van der Waals surface area contributed by atoms with Crippen LogP contribution in [-0.4, -0.2) is 98.6 Å². The molecule has 0 heterocycles. The van der Waals surface area contributed by atoms with E-state index < -0.39 is 36.3 Å². The molecule has 10 heteroatoms. The number of rotatable bonds is 52. The van der Waals surface area contributed by atoms with Crippen molar-refractivity contribution in [2.75, 3.05) is 98.6 Å². The minimum Gasteiger partial charge on any atom is -1.00 e. The van der Waals surface area contributed by atoms with Crippen molar-refractivity contribution in [2.45, 2.75) is 316 Å². The highest BCUT2D eigenvalue weighted by molar-refractivity contribution is 8.01. The molecular weight excluding hydrogens is 1510 g/mol. The zero-order valence-electron chi connectivity index (χ0n) is 67.6. The van der Waals surface area contributed by atoms with Crippen LogP contribution in [0.25, 0.3) is 0 Å². The molecule has 0 aliphatic rings. The quantitative estimate of drug-likeness (QED) is 0.0387. The van der Waals surface area contributed by atoms with E-state index in [4.69, 9.17) is 0 Å². The molecular formula is C88H164Br3ClFP5. The van der Waals surface area contributed by atoms with Gasteiger partial charge >= 0.3 is 0 Å². The Morgan fingerprint density at radius 1 is 0.173 bits per heavy atom. The van der Waals surface area contributed by atoms with Crippen LogP contribution < -0.4 is 89.3 Å². The van der Waals surface area contributed by atoms with Gasteiger partial charge in [0, 0.05) is 29.0 Å². The van der Waals surface area contributed by atoms with Gasteiger partial charge in [-0.15, -0.1) is 0 Å². The van der Waals surface area contributed by atoms with Crippen molar-refractivity contribution in [3.8, 4) is 0 Å². The number of unbranched alkanes of at least 4 members (excludes halogenated alkanes) is 16. The lowest BCUT2D eigenvalue weighted by Gasteiger charge is -2.28. The highest BCUT2D eigenvalue weighted by Crippen LogP contribution is 2.64. The molecule has 0 aliphatic heterocycles. The second kappa shape index (κ2) is 74.5. The molecule has 0 aromatic heterocycles. The Morgan fingerprint density at radius 2 is 0.265 bits per heavy atom. The van der Waals surface area contributed by atoms with Gasteiger partial charge in [0.25, 0.3) is 0 Å². The summed E-state index contributed by atoms with van der Waals surface area (Å²) in [6, 6.07) is 43.8. The van der Waals surface area contributed by atoms with Crippen LogP contribution in [0.5, 0.6) is 0 Å². The third kappa shape index (κ3) is 47.4. The van der Waals surface area contributed by atoms with Gasteiger partial charge in [-0.2, -0.15) is 0 Å². The summed E-state index contributed by atoms with van der Waals surface area (Å²) in [5, 5.41) is 5.55. The van der Waals surface area contributed by atoms with E-state index in [1.807, 2.05) is 0 Å². The Balaban J connectivity index is -0.000000270. The van der Waals surface area contributed by atoms with Crippen LogP contribution in [-0.2, 0) is 0 Å². The fourth-order valence-electron chi connectivity index (χ4n) is 14.1. The molecule has 0 unspecified atom stereocenters. The average Bonchev–Trinajstić information content (AvgIpc) is 0.740. The molecule has 0 amide bonds. The molecule has 0 saturated heterocycles. The maximum absolute atomic E-state index is 2.36. The lowest BCUT2D eigenvalue weighted by Crippen LogP contribution is -3.00. The number of benzene rings is 4. The van der Waals surface area contributed by atoms with E-state index in [2.05, 4.69) is 232 Å². The molecule has 4 aromatic rings. The van der Waals surface area contributed by atoms with E-state index in [1.54, 1.807) is 98.6 Å². The first-order chi connectivity index (χ1) is 45.4. The normalized spacial score (nSPS) is 11.2. The largest absolute Gasteiger partial charge is 1.00 e. The van der Waals surface area contributed by atoms with Gasteiger partial charge in [-0.1, -0.05) is 286 Å². The maximum Gasteiger partial charge on any atom is 0.144 e. The molecule has 0 nitrogen and oxygen atoms in total. The average molecular weight is 1670 g/mol. The third-order valence-corrected chi connectivity index (χ3v) is 44.9. The van der Waals surface area contributed by atoms with Crippen molar-refractivity contribution in [1.82, 2.24) is 0 Å². The van der Waals surface area contributed by atoms with Crippen LogP contribution in [0.3, 0.4) is 0 Å². The highest BCUT2D eigenvalue weighted by atomic mass is 79.9. The summed E-state index contributed by atoms with van der Waals surface area (Å²) in [6.45, 7) is 37.7. The smallest absolute Gasteiger partial charge is 0.144 e. The number of hydrogen-bond donors (Lipinski definition) is 0. The second-order valence-electron chi connectivity index (χ2n) is 28.6. The van der Waals surface area contributed by atoms with Crippen LogP contribution >= 0.6 is 36.3 Å². The molecule has 4 rings (SSSR count). The molecule has 0 bridgehead atoms. The summed E-state index contributed by atoms with van der Waals surface area (Å²) in [6.07, 6.45) is 71.8. The minimum absolute atomic E-state index is 0. The minimum atomic E-state index is -1.91. The molecule has 0 radical (unpaired) electrons. The summed E-state index contributed by atoms with van der Waals surface area (Å²) < 4.78 is 0. The first-order valence-corrected chi connectivity index (χ1v) is 52.8. The molecule has 0 N–H and O–H groups in total. The number of hydrogen-bond acceptors (Lipinski definition) is 0. The van der Waals surface area contributed by atoms with Crippen molar-refractivity contribution in [3.05, 3.63) is 121 Å². The SMILES string of the molecule is CCCC[P+](CCCC)(CCCC)CCCC.CCCC[P+](CCCC)(CCCC)CCCC.CCCC[P+](CCCC)(CCCC)CCCC.CCCC[P+](CCCC)(CCCC)CCCC.[Br-].[Br-].[Br-].[Cl-].[F-].c1ccc([P+](c2ccccc2)(c2ccccc2)c2ccccc2)cc1. The second-order valence-corrected chi connectivity index (χ2v) is 49.9. The van der Waals surface area contributed by atoms with Crippen molar-refractivity contribution >= 4 is 57.5 Å². The lowest BCUT2D eigenvalue weighted by atomic mass is 10.3. The van der Waals surface area contributed by atoms with Crippen LogP contribution in [0.1, 0.15) is 316 Å². The van der Waals surface area contributed by atoms with Crippen LogP contribution in [0.15, 0.2) is 121 Å². The molecule has 98 heavy (non-hydrogen) atoms. The van der Waals surface area contributed by atoms with Gasteiger partial charge in [-0.25, -0.2) is 0 Å². The highest BCUT2D eigenvalue weighted by Gasteiger charge is 2.47. The molecule has 0 aliphatic carbocycles. The van der Waals surface area contributed by atoms with Crippen LogP contribution in [0, 0.1) is 0 Å². The zero-order chi connectivity index (χ0) is 68.9. The Bertz CT molecular complexity index is 1700. The standard InChI is InChI=1S/C24H20P.4C16H36P.3BrH.ClH.FH/c1-5-13-21(14-6-1)25(22-15-7-2-8-16-22,23-17-9-3-10-18-23)24-19-11-4-12-20-24;4*1-5-9-13-17(14-10-6-2,15-11-7-3)16-12-8-4;;;;;/h1-20H;4*5-16H2,1-4H3;5*1H/q5*+1;;;;;/p-5. The fraction of sp³-hybridized carbons (Fsp3) is 0.727. The summed E-state index contributed by atoms with van der Waals surface area (Å²) in [5.41, 5.74) is 0. The zero-order valence-corrected chi connectivity index (χ0v) is 77.6. The van der Waals surface area contributed by atoms with E-state index in [-0.39, 0.29) is 68.1 Å². The van der Waals surface area contributed by atoms with E-state index >= 15 is 0 Å². The fourth-order valence-corrected chi connectivity index (χ4v) is 39.5. The van der Waals surface area contributed by atoms with Crippen molar-refractivity contribution < 1.29 is 68.1 Å². The third-order valence-electron chi connectivity index (χ3n) is 20.4. The maximum atomic E-state index is 2.36. The van der Waals surface area contributed by atoms with Crippen molar-refractivity contribution in [1.29, 1.82) is 0 Å². The molecule has 4 aromatic carbocycles. The number of halogens is 5. The summed E-state index contributed by atoms with van der Waals surface area (Å²) in [7, 11) is -4.15. The molecule has 0 saturated carbocycles. The van der Waals surface area contributed by atoms with E-state index in [9.17, 15) is 0 Å².